The Labute approximate surface area is 128 Å². The van der Waals surface area contributed by atoms with Gasteiger partial charge in [-0.2, -0.15) is 0 Å². The summed E-state index contributed by atoms with van der Waals surface area (Å²) in [4.78, 5) is 0. The van der Waals surface area contributed by atoms with Crippen LogP contribution in [0.1, 0.15) is 31.0 Å². The van der Waals surface area contributed by atoms with Crippen LogP contribution in [-0.4, -0.2) is 0 Å². The van der Waals surface area contributed by atoms with Crippen LogP contribution in [0, 0.1) is 0 Å². The van der Waals surface area contributed by atoms with E-state index in [9.17, 15) is 0 Å². The molecule has 0 aromatic heterocycles. The Hall–Kier alpha value is -0.990. The smallest absolute Gasteiger partial charge is 0.0500 e. The van der Waals surface area contributed by atoms with Gasteiger partial charge in [0.25, 0.3) is 0 Å². The van der Waals surface area contributed by atoms with E-state index in [1.165, 1.54) is 5.56 Å². The average Bonchev–Trinajstić information content (AvgIpc) is 2.38. The van der Waals surface area contributed by atoms with E-state index in [2.05, 4.69) is 59.4 Å². The van der Waals surface area contributed by atoms with Crippen LogP contribution in [0.2, 0.25) is 5.02 Å². The SMILES string of the molecule is CCc1cccc(NC(C)c2ccc(Br)cc2Cl)c1. The molecule has 2 aromatic carbocycles. The van der Waals surface area contributed by atoms with Gasteiger partial charge in [-0.05, 0) is 48.7 Å². The Morgan fingerprint density at radius 2 is 2.00 bits per heavy atom. The Kier molecular flexibility index (Phi) is 4.89. The van der Waals surface area contributed by atoms with E-state index in [4.69, 9.17) is 11.6 Å². The van der Waals surface area contributed by atoms with E-state index in [1.54, 1.807) is 0 Å². The number of benzene rings is 2. The van der Waals surface area contributed by atoms with Crippen LogP contribution >= 0.6 is 27.5 Å². The number of aryl methyl sites for hydroxylation is 1. The van der Waals surface area contributed by atoms with E-state index < -0.39 is 0 Å². The lowest BCUT2D eigenvalue weighted by atomic mass is 10.1. The van der Waals surface area contributed by atoms with Crippen molar-refractivity contribution in [1.29, 1.82) is 0 Å². The van der Waals surface area contributed by atoms with Crippen LogP contribution in [0.3, 0.4) is 0 Å². The van der Waals surface area contributed by atoms with Crippen molar-refractivity contribution in [2.24, 2.45) is 0 Å². The van der Waals surface area contributed by atoms with Gasteiger partial charge >= 0.3 is 0 Å². The van der Waals surface area contributed by atoms with Crippen LogP contribution < -0.4 is 5.32 Å². The van der Waals surface area contributed by atoms with Gasteiger partial charge in [-0.3, -0.25) is 0 Å². The normalized spacial score (nSPS) is 12.2. The molecule has 2 aromatic rings. The number of halogens is 2. The number of rotatable bonds is 4. The molecule has 0 aliphatic rings. The molecule has 1 nitrogen and oxygen atoms in total. The highest BCUT2D eigenvalue weighted by Gasteiger charge is 2.10. The Morgan fingerprint density at radius 1 is 1.21 bits per heavy atom. The van der Waals surface area contributed by atoms with Crippen molar-refractivity contribution < 1.29 is 0 Å². The van der Waals surface area contributed by atoms with Crippen molar-refractivity contribution in [1.82, 2.24) is 0 Å². The third-order valence-electron chi connectivity index (χ3n) is 3.15. The first-order chi connectivity index (χ1) is 9.10. The predicted molar refractivity (Wildman–Crippen MR) is 87.0 cm³/mol. The van der Waals surface area contributed by atoms with E-state index in [1.807, 2.05) is 18.2 Å². The zero-order valence-electron chi connectivity index (χ0n) is 11.1. The fourth-order valence-electron chi connectivity index (χ4n) is 2.06. The topological polar surface area (TPSA) is 12.0 Å². The van der Waals surface area contributed by atoms with Gasteiger partial charge in [0.1, 0.15) is 0 Å². The fourth-order valence-corrected chi connectivity index (χ4v) is 2.90. The molecule has 0 saturated carbocycles. The van der Waals surface area contributed by atoms with E-state index in [-0.39, 0.29) is 6.04 Å². The molecule has 0 aliphatic heterocycles. The van der Waals surface area contributed by atoms with Crippen molar-refractivity contribution in [3.8, 4) is 0 Å². The lowest BCUT2D eigenvalue weighted by Crippen LogP contribution is -2.07. The molecule has 0 bridgehead atoms. The lowest BCUT2D eigenvalue weighted by molar-refractivity contribution is 0.884. The van der Waals surface area contributed by atoms with Gasteiger partial charge in [-0.25, -0.2) is 0 Å². The standard InChI is InChI=1S/C16H17BrClN/c1-3-12-5-4-6-14(9-12)19-11(2)15-8-7-13(17)10-16(15)18/h4-11,19H,3H2,1-2H3. The van der Waals surface area contributed by atoms with Crippen molar-refractivity contribution >= 4 is 33.2 Å². The van der Waals surface area contributed by atoms with Crippen LogP contribution in [-0.2, 0) is 6.42 Å². The number of anilines is 1. The molecule has 1 atom stereocenters. The van der Waals surface area contributed by atoms with E-state index >= 15 is 0 Å². The van der Waals surface area contributed by atoms with Gasteiger partial charge in [-0.15, -0.1) is 0 Å². The van der Waals surface area contributed by atoms with Crippen molar-refractivity contribution in [2.75, 3.05) is 5.32 Å². The van der Waals surface area contributed by atoms with Crippen LogP contribution in [0.5, 0.6) is 0 Å². The van der Waals surface area contributed by atoms with E-state index in [0.717, 1.165) is 27.2 Å². The van der Waals surface area contributed by atoms with Gasteiger partial charge < -0.3 is 5.32 Å². The molecule has 0 heterocycles. The molecule has 0 fully saturated rings. The second kappa shape index (κ2) is 6.44. The molecule has 0 radical (unpaired) electrons. The quantitative estimate of drug-likeness (QED) is 0.738. The van der Waals surface area contributed by atoms with Gasteiger partial charge in [0, 0.05) is 21.2 Å². The number of hydrogen-bond donors (Lipinski definition) is 1. The molecule has 100 valence electrons. The molecule has 0 saturated heterocycles. The first-order valence-electron chi connectivity index (χ1n) is 6.40. The molecule has 2 rings (SSSR count). The Morgan fingerprint density at radius 3 is 2.68 bits per heavy atom. The zero-order chi connectivity index (χ0) is 13.8. The first-order valence-corrected chi connectivity index (χ1v) is 7.57. The van der Waals surface area contributed by atoms with Gasteiger partial charge in [0.2, 0.25) is 0 Å². The lowest BCUT2D eigenvalue weighted by Gasteiger charge is -2.17. The minimum absolute atomic E-state index is 0.174. The minimum Gasteiger partial charge on any atom is -0.378 e. The van der Waals surface area contributed by atoms with Crippen LogP contribution in [0.4, 0.5) is 5.69 Å². The molecule has 0 aliphatic carbocycles. The largest absolute Gasteiger partial charge is 0.378 e. The van der Waals surface area contributed by atoms with Gasteiger partial charge in [-0.1, -0.05) is 52.7 Å². The fraction of sp³-hybridized carbons (Fsp3) is 0.250. The summed E-state index contributed by atoms with van der Waals surface area (Å²) >= 11 is 9.71. The molecule has 1 N–H and O–H groups in total. The second-order valence-corrected chi connectivity index (χ2v) is 5.91. The second-order valence-electron chi connectivity index (χ2n) is 4.59. The maximum atomic E-state index is 6.28. The highest BCUT2D eigenvalue weighted by atomic mass is 79.9. The number of nitrogens with one attached hydrogen (secondary N) is 1. The average molecular weight is 339 g/mol. The summed E-state index contributed by atoms with van der Waals surface area (Å²) < 4.78 is 1.00. The Balaban J connectivity index is 2.17. The summed E-state index contributed by atoms with van der Waals surface area (Å²) in [6, 6.07) is 14.7. The van der Waals surface area contributed by atoms with Crippen LogP contribution in [0.15, 0.2) is 46.9 Å². The molecule has 0 amide bonds. The third-order valence-corrected chi connectivity index (χ3v) is 3.97. The Bertz CT molecular complexity index is 568. The maximum Gasteiger partial charge on any atom is 0.0500 e. The summed E-state index contributed by atoms with van der Waals surface area (Å²) in [5, 5.41) is 4.27. The summed E-state index contributed by atoms with van der Waals surface area (Å²) in [5.41, 5.74) is 3.57. The highest BCUT2D eigenvalue weighted by molar-refractivity contribution is 9.10. The molecule has 1 unspecified atom stereocenters. The number of hydrogen-bond acceptors (Lipinski definition) is 1. The molecule has 19 heavy (non-hydrogen) atoms. The van der Waals surface area contributed by atoms with E-state index in [0.29, 0.717) is 0 Å². The van der Waals surface area contributed by atoms with Gasteiger partial charge in [0.05, 0.1) is 0 Å². The molecular formula is C16H17BrClN. The van der Waals surface area contributed by atoms with Crippen LogP contribution in [0.25, 0.3) is 0 Å². The predicted octanol–water partition coefficient (Wildman–Crippen LogP) is 5.84. The molecule has 0 spiro atoms. The monoisotopic (exact) mass is 337 g/mol. The maximum absolute atomic E-state index is 6.28. The van der Waals surface area contributed by atoms with Gasteiger partial charge in [0.15, 0.2) is 0 Å². The summed E-state index contributed by atoms with van der Waals surface area (Å²) in [7, 11) is 0. The molecule has 3 heteroatoms. The highest BCUT2D eigenvalue weighted by Crippen LogP contribution is 2.28. The van der Waals surface area contributed by atoms with Crippen molar-refractivity contribution in [2.45, 2.75) is 26.3 Å². The third kappa shape index (κ3) is 3.74. The summed E-state index contributed by atoms with van der Waals surface area (Å²) in [6.07, 6.45) is 1.04. The zero-order valence-corrected chi connectivity index (χ0v) is 13.4. The van der Waals surface area contributed by atoms with Crippen molar-refractivity contribution in [3.63, 3.8) is 0 Å². The van der Waals surface area contributed by atoms with Crippen molar-refractivity contribution in [3.05, 3.63) is 63.1 Å². The molecular weight excluding hydrogens is 322 g/mol. The summed E-state index contributed by atoms with van der Waals surface area (Å²) in [5.74, 6) is 0. The minimum atomic E-state index is 0.174. The first kappa shape index (κ1) is 14.4. The summed E-state index contributed by atoms with van der Waals surface area (Å²) in [6.45, 7) is 4.28.